The molecule has 2 amide bonds. The van der Waals surface area contributed by atoms with Crippen molar-refractivity contribution in [2.24, 2.45) is 4.99 Å². The first-order valence-corrected chi connectivity index (χ1v) is 7.21. The normalized spacial score (nSPS) is 18.1. The number of carbonyl (C=O) groups is 1. The van der Waals surface area contributed by atoms with E-state index in [0.717, 1.165) is 17.4 Å². The minimum Gasteiger partial charge on any atom is -0.340 e. The highest BCUT2D eigenvalue weighted by Gasteiger charge is 2.26. The first kappa shape index (κ1) is 13.9. The van der Waals surface area contributed by atoms with Crippen LogP contribution in [0.25, 0.3) is 0 Å². The van der Waals surface area contributed by atoms with Crippen LogP contribution in [0.15, 0.2) is 23.2 Å². The molecule has 0 saturated heterocycles. The van der Waals surface area contributed by atoms with Gasteiger partial charge in [-0.2, -0.15) is 0 Å². The molecular formula is C14H19N3OS. The zero-order valence-electron chi connectivity index (χ0n) is 11.7. The molecule has 102 valence electrons. The van der Waals surface area contributed by atoms with Gasteiger partial charge >= 0.3 is 6.03 Å². The highest BCUT2D eigenvalue weighted by Crippen LogP contribution is 2.28. The summed E-state index contributed by atoms with van der Waals surface area (Å²) in [5.74, 6) is 0. The standard InChI is InChI=1S/C14H19N3OS/c1-9-5-6-12(7-10(9)2)17(13(18)15-4)14-16-8-11(3)19-14/h5-7,11H,8H2,1-4H3,(H,15,18). The van der Waals surface area contributed by atoms with Gasteiger partial charge in [-0.1, -0.05) is 24.8 Å². The van der Waals surface area contributed by atoms with E-state index >= 15 is 0 Å². The van der Waals surface area contributed by atoms with Gasteiger partial charge in [-0.05, 0) is 37.1 Å². The third kappa shape index (κ3) is 2.92. The van der Waals surface area contributed by atoms with Gasteiger partial charge in [0.15, 0.2) is 5.17 Å². The zero-order chi connectivity index (χ0) is 14.0. The number of amides is 2. The molecular weight excluding hydrogens is 258 g/mol. The average molecular weight is 277 g/mol. The Labute approximate surface area is 118 Å². The number of nitrogens with one attached hydrogen (secondary N) is 1. The summed E-state index contributed by atoms with van der Waals surface area (Å²) in [6, 6.07) is 5.87. The van der Waals surface area contributed by atoms with E-state index in [4.69, 9.17) is 0 Å². The second kappa shape index (κ2) is 5.65. The molecule has 1 atom stereocenters. The number of carbonyl (C=O) groups excluding carboxylic acids is 1. The Morgan fingerprint density at radius 1 is 1.42 bits per heavy atom. The molecule has 0 fully saturated rings. The van der Waals surface area contributed by atoms with Crippen molar-refractivity contribution in [1.82, 2.24) is 5.32 Å². The van der Waals surface area contributed by atoms with Crippen LogP contribution in [0.3, 0.4) is 0 Å². The van der Waals surface area contributed by atoms with Crippen molar-refractivity contribution in [3.8, 4) is 0 Å². The fourth-order valence-corrected chi connectivity index (χ4v) is 2.83. The van der Waals surface area contributed by atoms with Crippen LogP contribution in [-0.4, -0.2) is 30.0 Å². The monoisotopic (exact) mass is 277 g/mol. The van der Waals surface area contributed by atoms with Crippen LogP contribution in [-0.2, 0) is 0 Å². The summed E-state index contributed by atoms with van der Waals surface area (Å²) in [5.41, 5.74) is 3.25. The Kier molecular flexibility index (Phi) is 4.14. The SMILES string of the molecule is CNC(=O)N(C1=NCC(C)S1)c1ccc(C)c(C)c1. The fraction of sp³-hybridized carbons (Fsp3) is 0.429. The van der Waals surface area contributed by atoms with Crippen molar-refractivity contribution in [2.45, 2.75) is 26.0 Å². The maximum Gasteiger partial charge on any atom is 0.327 e. The van der Waals surface area contributed by atoms with Crippen LogP contribution in [0.1, 0.15) is 18.1 Å². The quantitative estimate of drug-likeness (QED) is 0.857. The molecule has 1 N–H and O–H groups in total. The highest BCUT2D eigenvalue weighted by atomic mass is 32.2. The third-order valence-electron chi connectivity index (χ3n) is 3.15. The van der Waals surface area contributed by atoms with Crippen LogP contribution in [0, 0.1) is 13.8 Å². The Hall–Kier alpha value is -1.49. The molecule has 0 spiro atoms. The molecule has 4 nitrogen and oxygen atoms in total. The molecule has 0 bridgehead atoms. The predicted molar refractivity (Wildman–Crippen MR) is 82.2 cm³/mol. The minimum absolute atomic E-state index is 0.149. The maximum absolute atomic E-state index is 12.1. The van der Waals surface area contributed by atoms with E-state index in [0.29, 0.717) is 5.25 Å². The first-order valence-electron chi connectivity index (χ1n) is 6.33. The number of benzene rings is 1. The molecule has 0 saturated carbocycles. The van der Waals surface area contributed by atoms with Gasteiger partial charge in [-0.3, -0.25) is 4.99 Å². The maximum atomic E-state index is 12.1. The highest BCUT2D eigenvalue weighted by molar-refractivity contribution is 8.15. The molecule has 1 aliphatic heterocycles. The summed E-state index contributed by atoms with van der Waals surface area (Å²) in [7, 11) is 1.64. The van der Waals surface area contributed by atoms with Gasteiger partial charge < -0.3 is 5.32 Å². The molecule has 5 heteroatoms. The lowest BCUT2D eigenvalue weighted by Gasteiger charge is -2.22. The van der Waals surface area contributed by atoms with Crippen LogP contribution in [0.4, 0.5) is 10.5 Å². The fourth-order valence-electron chi connectivity index (χ4n) is 1.88. The van der Waals surface area contributed by atoms with Crippen molar-refractivity contribution in [3.63, 3.8) is 0 Å². The lowest BCUT2D eigenvalue weighted by molar-refractivity contribution is 0.251. The van der Waals surface area contributed by atoms with Crippen LogP contribution in [0.2, 0.25) is 0 Å². The topological polar surface area (TPSA) is 44.7 Å². The van der Waals surface area contributed by atoms with Gasteiger partial charge in [0.2, 0.25) is 0 Å². The molecule has 1 aromatic rings. The first-order chi connectivity index (χ1) is 9.02. The molecule has 0 aliphatic carbocycles. The predicted octanol–water partition coefficient (Wildman–Crippen LogP) is 2.94. The molecule has 0 aromatic heterocycles. The number of hydrogen-bond donors (Lipinski definition) is 1. The summed E-state index contributed by atoms with van der Waals surface area (Å²) < 4.78 is 0. The van der Waals surface area contributed by atoms with Crippen LogP contribution >= 0.6 is 11.8 Å². The van der Waals surface area contributed by atoms with E-state index < -0.39 is 0 Å². The second-order valence-corrected chi connectivity index (χ2v) is 6.12. The minimum atomic E-state index is -0.149. The second-order valence-electron chi connectivity index (χ2n) is 4.71. The third-order valence-corrected chi connectivity index (χ3v) is 4.22. The van der Waals surface area contributed by atoms with Crippen LogP contribution < -0.4 is 10.2 Å². The zero-order valence-corrected chi connectivity index (χ0v) is 12.5. The van der Waals surface area contributed by atoms with Crippen LogP contribution in [0.5, 0.6) is 0 Å². The number of anilines is 1. The Morgan fingerprint density at radius 2 is 2.16 bits per heavy atom. The van der Waals surface area contributed by atoms with Crippen molar-refractivity contribution in [2.75, 3.05) is 18.5 Å². The summed E-state index contributed by atoms with van der Waals surface area (Å²) in [5, 5.41) is 3.88. The van der Waals surface area contributed by atoms with Gasteiger partial charge in [0.1, 0.15) is 0 Å². The molecule has 1 unspecified atom stereocenters. The number of nitrogens with zero attached hydrogens (tertiary/aromatic N) is 2. The Morgan fingerprint density at radius 3 is 2.68 bits per heavy atom. The van der Waals surface area contributed by atoms with Gasteiger partial charge in [0, 0.05) is 12.3 Å². The van der Waals surface area contributed by atoms with E-state index in [1.807, 2.05) is 25.1 Å². The van der Waals surface area contributed by atoms with Gasteiger partial charge in [-0.15, -0.1) is 0 Å². The smallest absolute Gasteiger partial charge is 0.327 e. The number of aliphatic imine (C=N–C) groups is 1. The summed E-state index contributed by atoms with van der Waals surface area (Å²) in [6.45, 7) is 6.99. The van der Waals surface area contributed by atoms with Crippen molar-refractivity contribution in [1.29, 1.82) is 0 Å². The molecule has 1 heterocycles. The van der Waals surface area contributed by atoms with Crippen molar-refractivity contribution >= 4 is 28.6 Å². The number of hydrogen-bond acceptors (Lipinski definition) is 3. The molecule has 19 heavy (non-hydrogen) atoms. The number of thioether (sulfide) groups is 1. The van der Waals surface area contributed by atoms with E-state index in [9.17, 15) is 4.79 Å². The van der Waals surface area contributed by atoms with Crippen molar-refractivity contribution in [3.05, 3.63) is 29.3 Å². The molecule has 2 rings (SSSR count). The number of rotatable bonds is 1. The van der Waals surface area contributed by atoms with Crippen molar-refractivity contribution < 1.29 is 4.79 Å². The Bertz CT molecular complexity index is 527. The lowest BCUT2D eigenvalue weighted by Crippen LogP contribution is -2.41. The van der Waals surface area contributed by atoms with Gasteiger partial charge in [-0.25, -0.2) is 9.69 Å². The molecule has 1 aliphatic rings. The van der Waals surface area contributed by atoms with Gasteiger partial charge in [0.05, 0.1) is 12.2 Å². The van der Waals surface area contributed by atoms with E-state index in [1.54, 1.807) is 23.7 Å². The number of amidine groups is 1. The van der Waals surface area contributed by atoms with Gasteiger partial charge in [0.25, 0.3) is 0 Å². The molecule has 0 radical (unpaired) electrons. The number of urea groups is 1. The lowest BCUT2D eigenvalue weighted by atomic mass is 10.1. The summed E-state index contributed by atoms with van der Waals surface area (Å²) in [6.07, 6.45) is 0. The summed E-state index contributed by atoms with van der Waals surface area (Å²) >= 11 is 1.64. The van der Waals surface area contributed by atoms with E-state index in [1.165, 1.54) is 11.1 Å². The number of aryl methyl sites for hydroxylation is 2. The molecule has 1 aromatic carbocycles. The Balaban J connectivity index is 2.37. The average Bonchev–Trinajstić information content (AvgIpc) is 2.80. The largest absolute Gasteiger partial charge is 0.340 e. The van der Waals surface area contributed by atoms with E-state index in [-0.39, 0.29) is 6.03 Å². The summed E-state index contributed by atoms with van der Waals surface area (Å²) in [4.78, 5) is 18.2. The van der Waals surface area contributed by atoms with E-state index in [2.05, 4.69) is 24.2 Å².